The van der Waals surface area contributed by atoms with Crippen molar-refractivity contribution in [2.75, 3.05) is 6.61 Å². The first-order valence-corrected chi connectivity index (χ1v) is 20.0. The van der Waals surface area contributed by atoms with Gasteiger partial charge in [0.25, 0.3) is 0 Å². The van der Waals surface area contributed by atoms with Gasteiger partial charge in [0.15, 0.2) is 0 Å². The molecule has 47 heavy (non-hydrogen) atoms. The van der Waals surface area contributed by atoms with Crippen molar-refractivity contribution in [3.05, 3.63) is 48.6 Å². The van der Waals surface area contributed by atoms with Crippen molar-refractivity contribution in [1.29, 1.82) is 0 Å². The Labute approximate surface area is 291 Å². The summed E-state index contributed by atoms with van der Waals surface area (Å²) in [5.41, 5.74) is 0. The number of unbranched alkanes of at least 4 members (excludes halogenated alkanes) is 21. The number of hydrogen-bond donors (Lipinski definition) is 4. The van der Waals surface area contributed by atoms with Crippen molar-refractivity contribution in [1.82, 2.24) is 5.32 Å². The molecule has 0 aromatic carbocycles. The van der Waals surface area contributed by atoms with Gasteiger partial charge < -0.3 is 20.6 Å². The fourth-order valence-electron chi connectivity index (χ4n) is 5.68. The molecule has 0 fully saturated rings. The van der Waals surface area contributed by atoms with Gasteiger partial charge in [0, 0.05) is 0 Å². The van der Waals surface area contributed by atoms with E-state index in [2.05, 4.69) is 55.6 Å². The van der Waals surface area contributed by atoms with Gasteiger partial charge in [-0.2, -0.15) is 0 Å². The van der Waals surface area contributed by atoms with Crippen molar-refractivity contribution in [2.24, 2.45) is 0 Å². The van der Waals surface area contributed by atoms with E-state index in [1.807, 2.05) is 6.08 Å². The molecule has 0 bridgehead atoms. The third-order valence-corrected chi connectivity index (χ3v) is 8.87. The van der Waals surface area contributed by atoms with Crippen LogP contribution in [-0.2, 0) is 4.79 Å². The van der Waals surface area contributed by atoms with Crippen LogP contribution in [0.3, 0.4) is 0 Å². The number of aliphatic hydroxyl groups excluding tert-OH is 3. The predicted octanol–water partition coefficient (Wildman–Crippen LogP) is 11.0. The van der Waals surface area contributed by atoms with Crippen LogP contribution in [0.1, 0.15) is 187 Å². The number of rotatable bonds is 35. The number of amides is 1. The van der Waals surface area contributed by atoms with Crippen LogP contribution in [0.5, 0.6) is 0 Å². The highest BCUT2D eigenvalue weighted by Crippen LogP contribution is 2.13. The third kappa shape index (κ3) is 32.6. The van der Waals surface area contributed by atoms with E-state index in [0.29, 0.717) is 6.42 Å². The Morgan fingerprint density at radius 1 is 0.511 bits per heavy atom. The lowest BCUT2D eigenvalue weighted by molar-refractivity contribution is -0.131. The maximum absolute atomic E-state index is 12.4. The van der Waals surface area contributed by atoms with Crippen LogP contribution in [0.25, 0.3) is 0 Å². The highest BCUT2D eigenvalue weighted by Gasteiger charge is 2.22. The second-order valence-electron chi connectivity index (χ2n) is 13.5. The van der Waals surface area contributed by atoms with Crippen LogP contribution in [0.2, 0.25) is 0 Å². The molecule has 0 aliphatic carbocycles. The van der Waals surface area contributed by atoms with Crippen LogP contribution < -0.4 is 5.32 Å². The molecule has 5 nitrogen and oxygen atoms in total. The Bertz CT molecular complexity index is 775. The fourth-order valence-corrected chi connectivity index (χ4v) is 5.68. The first kappa shape index (κ1) is 45.3. The van der Waals surface area contributed by atoms with Gasteiger partial charge in [0.1, 0.15) is 6.10 Å². The quantitative estimate of drug-likeness (QED) is 0.0402. The molecule has 0 spiro atoms. The molecule has 0 aliphatic heterocycles. The summed E-state index contributed by atoms with van der Waals surface area (Å²) in [6, 6.07) is -0.824. The molecule has 0 rings (SSSR count). The summed E-state index contributed by atoms with van der Waals surface area (Å²) in [7, 11) is 0. The normalized spacial score (nSPS) is 14.2. The Morgan fingerprint density at radius 3 is 1.34 bits per heavy atom. The molecule has 0 saturated carbocycles. The average Bonchev–Trinajstić information content (AvgIpc) is 3.07. The van der Waals surface area contributed by atoms with E-state index in [-0.39, 0.29) is 6.61 Å². The molecule has 0 aromatic heterocycles. The predicted molar refractivity (Wildman–Crippen MR) is 204 cm³/mol. The van der Waals surface area contributed by atoms with E-state index in [1.54, 1.807) is 6.08 Å². The molecular formula is C42H77NO4. The second-order valence-corrected chi connectivity index (χ2v) is 13.5. The molecule has 4 N–H and O–H groups in total. The lowest BCUT2D eigenvalue weighted by atomic mass is 10.0. The lowest BCUT2D eigenvalue weighted by Crippen LogP contribution is -2.48. The maximum atomic E-state index is 12.4. The summed E-state index contributed by atoms with van der Waals surface area (Å²) in [6.45, 7) is 4.11. The van der Waals surface area contributed by atoms with Gasteiger partial charge in [-0.25, -0.2) is 0 Å². The summed E-state index contributed by atoms with van der Waals surface area (Å²) >= 11 is 0. The molecule has 3 unspecified atom stereocenters. The summed E-state index contributed by atoms with van der Waals surface area (Å²) in [4.78, 5) is 12.4. The number of carbonyl (C=O) groups is 1. The van der Waals surface area contributed by atoms with E-state index in [4.69, 9.17) is 0 Å². The van der Waals surface area contributed by atoms with Crippen molar-refractivity contribution < 1.29 is 20.1 Å². The Hall–Kier alpha value is -1.69. The van der Waals surface area contributed by atoms with Crippen LogP contribution in [0.4, 0.5) is 0 Å². The molecule has 0 aromatic rings. The standard InChI is InChI=1S/C42H77NO4/c1-3-5-7-9-11-13-15-16-17-18-19-20-21-22-23-24-25-27-28-30-32-34-36-40(45)39(38-44)43-42(47)41(46)37-35-33-31-29-26-14-12-10-8-6-4-2/h12,14,22-23,27-28,34,36,39-41,44-46H,3-11,13,15-21,24-26,29-33,35,37-38H2,1-2H3,(H,43,47)/b14-12-,23-22+,28-27+,36-34+. The zero-order valence-corrected chi connectivity index (χ0v) is 30.9. The summed E-state index contributed by atoms with van der Waals surface area (Å²) < 4.78 is 0. The van der Waals surface area contributed by atoms with Crippen molar-refractivity contribution >= 4 is 5.91 Å². The summed E-state index contributed by atoms with van der Waals surface area (Å²) in [6.07, 6.45) is 47.1. The summed E-state index contributed by atoms with van der Waals surface area (Å²) in [5.74, 6) is -0.530. The van der Waals surface area contributed by atoms with E-state index >= 15 is 0 Å². The number of carbonyl (C=O) groups excluding carboxylic acids is 1. The molecule has 0 saturated heterocycles. The van der Waals surface area contributed by atoms with Gasteiger partial charge in [-0.1, -0.05) is 165 Å². The molecular weight excluding hydrogens is 582 g/mol. The third-order valence-electron chi connectivity index (χ3n) is 8.87. The van der Waals surface area contributed by atoms with Crippen LogP contribution >= 0.6 is 0 Å². The molecule has 5 heteroatoms. The minimum Gasteiger partial charge on any atom is -0.394 e. The first-order valence-electron chi connectivity index (χ1n) is 20.0. The topological polar surface area (TPSA) is 89.8 Å². The van der Waals surface area contributed by atoms with E-state index in [0.717, 1.165) is 57.8 Å². The summed E-state index contributed by atoms with van der Waals surface area (Å²) in [5, 5.41) is 32.9. The van der Waals surface area contributed by atoms with Crippen LogP contribution in [0, 0.1) is 0 Å². The minimum absolute atomic E-state index is 0.386. The Kier molecular flexibility index (Phi) is 35.8. The highest BCUT2D eigenvalue weighted by atomic mass is 16.3. The Morgan fingerprint density at radius 2 is 0.872 bits per heavy atom. The number of aliphatic hydroxyl groups is 3. The monoisotopic (exact) mass is 660 g/mol. The van der Waals surface area contributed by atoms with Gasteiger partial charge in [-0.15, -0.1) is 0 Å². The van der Waals surface area contributed by atoms with Crippen LogP contribution in [-0.4, -0.2) is 46.1 Å². The molecule has 274 valence electrons. The molecule has 0 aliphatic rings. The van der Waals surface area contributed by atoms with Gasteiger partial charge in [0.2, 0.25) is 5.91 Å². The maximum Gasteiger partial charge on any atom is 0.249 e. The van der Waals surface area contributed by atoms with Gasteiger partial charge in [0.05, 0.1) is 18.8 Å². The first-order chi connectivity index (χ1) is 23.1. The fraction of sp³-hybridized carbons (Fsp3) is 0.786. The van der Waals surface area contributed by atoms with Gasteiger partial charge in [-0.05, 0) is 70.6 Å². The molecule has 0 heterocycles. The zero-order valence-electron chi connectivity index (χ0n) is 30.9. The minimum atomic E-state index is -1.12. The SMILES string of the molecule is CCCCC/C=C\CCCCCCC(O)C(=O)NC(CO)C(O)/C=C/CC/C=C/CC/C=C/CCCCCCCCCCCCCC. The second kappa shape index (κ2) is 37.1. The highest BCUT2D eigenvalue weighted by molar-refractivity contribution is 5.80. The molecule has 1 amide bonds. The number of nitrogens with one attached hydrogen (secondary N) is 1. The number of hydrogen-bond acceptors (Lipinski definition) is 4. The molecule has 3 atom stereocenters. The molecule has 0 radical (unpaired) electrons. The van der Waals surface area contributed by atoms with Gasteiger partial charge >= 0.3 is 0 Å². The average molecular weight is 660 g/mol. The lowest BCUT2D eigenvalue weighted by Gasteiger charge is -2.21. The zero-order chi connectivity index (χ0) is 34.5. The van der Waals surface area contributed by atoms with E-state index < -0.39 is 24.2 Å². The van der Waals surface area contributed by atoms with E-state index in [9.17, 15) is 20.1 Å². The van der Waals surface area contributed by atoms with E-state index in [1.165, 1.54) is 109 Å². The largest absolute Gasteiger partial charge is 0.394 e. The van der Waals surface area contributed by atoms with Crippen molar-refractivity contribution in [3.63, 3.8) is 0 Å². The number of allylic oxidation sites excluding steroid dienone is 7. The smallest absolute Gasteiger partial charge is 0.249 e. The van der Waals surface area contributed by atoms with Crippen molar-refractivity contribution in [3.8, 4) is 0 Å². The van der Waals surface area contributed by atoms with Crippen LogP contribution in [0.15, 0.2) is 48.6 Å². The van der Waals surface area contributed by atoms with Gasteiger partial charge in [-0.3, -0.25) is 4.79 Å². The van der Waals surface area contributed by atoms with Crippen molar-refractivity contribution in [2.45, 2.75) is 205 Å². The Balaban J connectivity index is 3.79.